The number of thiophene rings is 1. The number of carbonyl (C=O) groups excluding carboxylic acids is 1. The Bertz CT molecular complexity index is 530. The number of aryl methyl sites for hydroxylation is 1. The first-order valence-electron chi connectivity index (χ1n) is 7.04. The first-order valence-corrected chi connectivity index (χ1v) is 7.86. The number of carbonyl (C=O) groups is 1. The van der Waals surface area contributed by atoms with Crippen molar-refractivity contribution in [3.05, 3.63) is 46.0 Å². The number of rotatable bonds is 7. The third-order valence-electron chi connectivity index (χ3n) is 3.17. The minimum absolute atomic E-state index is 0.203. The van der Waals surface area contributed by atoms with Crippen molar-refractivity contribution in [2.24, 2.45) is 0 Å². The topological polar surface area (TPSA) is 33.5 Å². The molecule has 20 heavy (non-hydrogen) atoms. The molecule has 0 fully saturated rings. The van der Waals surface area contributed by atoms with E-state index in [2.05, 4.69) is 26.0 Å². The SMILES string of the molecule is CCCCC(=O)N(Cc1ccco1)Cc1ccc(C)s1. The van der Waals surface area contributed by atoms with E-state index in [1.807, 2.05) is 17.0 Å². The molecule has 0 saturated carbocycles. The van der Waals surface area contributed by atoms with Crippen LogP contribution in [0.3, 0.4) is 0 Å². The summed E-state index contributed by atoms with van der Waals surface area (Å²) in [6.45, 7) is 5.41. The first-order chi connectivity index (χ1) is 9.69. The molecule has 0 saturated heterocycles. The Morgan fingerprint density at radius 3 is 2.75 bits per heavy atom. The maximum absolute atomic E-state index is 12.3. The predicted molar refractivity (Wildman–Crippen MR) is 81.5 cm³/mol. The molecule has 2 heterocycles. The first kappa shape index (κ1) is 14.9. The molecule has 0 radical (unpaired) electrons. The number of hydrogen-bond acceptors (Lipinski definition) is 3. The maximum atomic E-state index is 12.3. The van der Waals surface area contributed by atoms with Crippen LogP contribution in [0.4, 0.5) is 0 Å². The molecule has 0 N–H and O–H groups in total. The number of unbranched alkanes of at least 4 members (excludes halogenated alkanes) is 1. The van der Waals surface area contributed by atoms with E-state index >= 15 is 0 Å². The minimum Gasteiger partial charge on any atom is -0.467 e. The molecule has 2 aromatic heterocycles. The number of hydrogen-bond donors (Lipinski definition) is 0. The zero-order valence-corrected chi connectivity index (χ0v) is 12.9. The molecular weight excluding hydrogens is 270 g/mol. The van der Waals surface area contributed by atoms with Gasteiger partial charge in [0.1, 0.15) is 5.76 Å². The number of amides is 1. The van der Waals surface area contributed by atoms with Crippen molar-refractivity contribution in [2.45, 2.75) is 46.2 Å². The maximum Gasteiger partial charge on any atom is 0.223 e. The summed E-state index contributed by atoms with van der Waals surface area (Å²) in [5.41, 5.74) is 0. The van der Waals surface area contributed by atoms with Gasteiger partial charge in [-0.25, -0.2) is 0 Å². The monoisotopic (exact) mass is 291 g/mol. The summed E-state index contributed by atoms with van der Waals surface area (Å²) < 4.78 is 5.37. The second kappa shape index (κ2) is 7.29. The highest BCUT2D eigenvalue weighted by molar-refractivity contribution is 7.11. The molecular formula is C16H21NO2S. The van der Waals surface area contributed by atoms with Crippen LogP contribution in [0.25, 0.3) is 0 Å². The third-order valence-corrected chi connectivity index (χ3v) is 4.15. The molecule has 0 aliphatic carbocycles. The van der Waals surface area contributed by atoms with Crippen LogP contribution in [0.2, 0.25) is 0 Å². The summed E-state index contributed by atoms with van der Waals surface area (Å²) in [6.07, 6.45) is 4.25. The van der Waals surface area contributed by atoms with Gasteiger partial charge in [-0.15, -0.1) is 11.3 Å². The second-order valence-corrected chi connectivity index (χ2v) is 6.32. The molecule has 0 aliphatic rings. The molecule has 0 unspecified atom stereocenters. The average Bonchev–Trinajstić information content (AvgIpc) is 3.07. The van der Waals surface area contributed by atoms with Gasteiger partial charge in [-0.05, 0) is 37.6 Å². The fourth-order valence-electron chi connectivity index (χ4n) is 2.07. The summed E-state index contributed by atoms with van der Waals surface area (Å²) in [4.78, 5) is 16.7. The molecule has 2 aromatic rings. The van der Waals surface area contributed by atoms with Crippen LogP contribution in [0.5, 0.6) is 0 Å². The van der Waals surface area contributed by atoms with Gasteiger partial charge in [0.15, 0.2) is 0 Å². The summed E-state index contributed by atoms with van der Waals surface area (Å²) in [5, 5.41) is 0. The van der Waals surface area contributed by atoms with Gasteiger partial charge in [0.25, 0.3) is 0 Å². The Morgan fingerprint density at radius 2 is 2.15 bits per heavy atom. The predicted octanol–water partition coefficient (Wildman–Crippen LogP) is 4.37. The molecule has 2 rings (SSSR count). The molecule has 1 amide bonds. The quantitative estimate of drug-likeness (QED) is 0.759. The minimum atomic E-state index is 0.203. The standard InChI is InChI=1S/C16H21NO2S/c1-3-4-7-16(18)17(11-14-6-5-10-19-14)12-15-9-8-13(2)20-15/h5-6,8-10H,3-4,7,11-12H2,1-2H3. The molecule has 4 heteroatoms. The van der Waals surface area contributed by atoms with E-state index in [9.17, 15) is 4.79 Å². The van der Waals surface area contributed by atoms with Crippen LogP contribution in [-0.4, -0.2) is 10.8 Å². The Hall–Kier alpha value is -1.55. The van der Waals surface area contributed by atoms with Gasteiger partial charge in [-0.3, -0.25) is 4.79 Å². The van der Waals surface area contributed by atoms with E-state index in [0.29, 0.717) is 19.5 Å². The second-order valence-electron chi connectivity index (χ2n) is 4.95. The Balaban J connectivity index is 2.04. The highest BCUT2D eigenvalue weighted by Gasteiger charge is 2.16. The van der Waals surface area contributed by atoms with E-state index in [0.717, 1.165) is 18.6 Å². The van der Waals surface area contributed by atoms with Crippen molar-refractivity contribution in [1.82, 2.24) is 4.90 Å². The van der Waals surface area contributed by atoms with Crippen LogP contribution < -0.4 is 0 Å². The number of nitrogens with zero attached hydrogens (tertiary/aromatic N) is 1. The van der Waals surface area contributed by atoms with Gasteiger partial charge in [-0.2, -0.15) is 0 Å². The van der Waals surface area contributed by atoms with E-state index in [1.54, 1.807) is 17.6 Å². The van der Waals surface area contributed by atoms with Crippen molar-refractivity contribution in [2.75, 3.05) is 0 Å². The summed E-state index contributed by atoms with van der Waals surface area (Å²) in [7, 11) is 0. The van der Waals surface area contributed by atoms with Crippen molar-refractivity contribution in [3.63, 3.8) is 0 Å². The van der Waals surface area contributed by atoms with Crippen LogP contribution in [-0.2, 0) is 17.9 Å². The van der Waals surface area contributed by atoms with Crippen molar-refractivity contribution in [3.8, 4) is 0 Å². The lowest BCUT2D eigenvalue weighted by atomic mass is 10.2. The molecule has 0 bridgehead atoms. The average molecular weight is 291 g/mol. The Labute approximate surface area is 124 Å². The van der Waals surface area contributed by atoms with Crippen molar-refractivity contribution in [1.29, 1.82) is 0 Å². The van der Waals surface area contributed by atoms with Crippen molar-refractivity contribution < 1.29 is 9.21 Å². The molecule has 108 valence electrons. The zero-order chi connectivity index (χ0) is 14.4. The lowest BCUT2D eigenvalue weighted by Crippen LogP contribution is -2.29. The van der Waals surface area contributed by atoms with Gasteiger partial charge in [0.05, 0.1) is 19.4 Å². The smallest absolute Gasteiger partial charge is 0.223 e. The van der Waals surface area contributed by atoms with Crippen LogP contribution >= 0.6 is 11.3 Å². The van der Waals surface area contributed by atoms with E-state index in [-0.39, 0.29) is 5.91 Å². The van der Waals surface area contributed by atoms with Crippen LogP contribution in [0, 0.1) is 6.92 Å². The molecule has 0 atom stereocenters. The zero-order valence-electron chi connectivity index (χ0n) is 12.1. The normalized spacial score (nSPS) is 10.7. The van der Waals surface area contributed by atoms with Gasteiger partial charge >= 0.3 is 0 Å². The van der Waals surface area contributed by atoms with Gasteiger partial charge in [0, 0.05) is 16.2 Å². The summed E-state index contributed by atoms with van der Waals surface area (Å²) >= 11 is 1.75. The molecule has 0 aliphatic heterocycles. The third kappa shape index (κ3) is 4.23. The van der Waals surface area contributed by atoms with Crippen molar-refractivity contribution >= 4 is 17.2 Å². The molecule has 0 aromatic carbocycles. The van der Waals surface area contributed by atoms with E-state index in [1.165, 1.54) is 9.75 Å². The van der Waals surface area contributed by atoms with Gasteiger partial charge in [-0.1, -0.05) is 13.3 Å². The summed E-state index contributed by atoms with van der Waals surface area (Å²) in [5.74, 6) is 1.04. The van der Waals surface area contributed by atoms with Crippen LogP contribution in [0.1, 0.15) is 41.7 Å². The fraction of sp³-hybridized carbons (Fsp3) is 0.438. The highest BCUT2D eigenvalue weighted by atomic mass is 32.1. The molecule has 0 spiro atoms. The summed E-state index contributed by atoms with van der Waals surface area (Å²) in [6, 6.07) is 7.98. The van der Waals surface area contributed by atoms with Gasteiger partial charge in [0.2, 0.25) is 5.91 Å². The Kier molecular flexibility index (Phi) is 5.41. The van der Waals surface area contributed by atoms with E-state index in [4.69, 9.17) is 4.42 Å². The highest BCUT2D eigenvalue weighted by Crippen LogP contribution is 2.19. The number of furan rings is 1. The van der Waals surface area contributed by atoms with E-state index < -0.39 is 0 Å². The lowest BCUT2D eigenvalue weighted by molar-refractivity contribution is -0.132. The van der Waals surface area contributed by atoms with Gasteiger partial charge < -0.3 is 9.32 Å². The largest absolute Gasteiger partial charge is 0.467 e. The molecule has 3 nitrogen and oxygen atoms in total. The fourth-order valence-corrected chi connectivity index (χ4v) is 2.97. The lowest BCUT2D eigenvalue weighted by Gasteiger charge is -2.21. The van der Waals surface area contributed by atoms with Crippen LogP contribution in [0.15, 0.2) is 34.9 Å². The Morgan fingerprint density at radius 1 is 1.30 bits per heavy atom.